The zero-order valence-corrected chi connectivity index (χ0v) is 14.5. The molecular formula is C18H25NO5. The zero-order valence-electron chi connectivity index (χ0n) is 14.5. The third-order valence-electron chi connectivity index (χ3n) is 3.93. The minimum absolute atomic E-state index is 0.0928. The maximum Gasteiger partial charge on any atom is 0.203 e. The molecule has 0 aromatic heterocycles. The number of morpholine rings is 1. The van der Waals surface area contributed by atoms with Gasteiger partial charge in [-0.2, -0.15) is 0 Å². The van der Waals surface area contributed by atoms with Crippen LogP contribution >= 0.6 is 0 Å². The van der Waals surface area contributed by atoms with Crippen LogP contribution < -0.4 is 14.2 Å². The molecule has 1 aliphatic heterocycles. The molecule has 1 fully saturated rings. The van der Waals surface area contributed by atoms with Gasteiger partial charge in [-0.25, -0.2) is 0 Å². The molecule has 0 unspecified atom stereocenters. The van der Waals surface area contributed by atoms with E-state index in [9.17, 15) is 4.79 Å². The van der Waals surface area contributed by atoms with E-state index in [2.05, 4.69) is 4.90 Å². The van der Waals surface area contributed by atoms with Crippen LogP contribution in [0.2, 0.25) is 0 Å². The number of ether oxygens (including phenoxy) is 4. The molecule has 2 rings (SSSR count). The number of ketones is 1. The Hall–Kier alpha value is -2.05. The van der Waals surface area contributed by atoms with Gasteiger partial charge in [0.05, 0.1) is 34.5 Å². The molecule has 0 amide bonds. The first-order valence-electron chi connectivity index (χ1n) is 7.99. The van der Waals surface area contributed by atoms with Crippen LogP contribution in [0.25, 0.3) is 6.08 Å². The van der Waals surface area contributed by atoms with E-state index in [0.29, 0.717) is 23.7 Å². The van der Waals surface area contributed by atoms with Crippen molar-refractivity contribution in [3.63, 3.8) is 0 Å². The third-order valence-corrected chi connectivity index (χ3v) is 3.93. The average Bonchev–Trinajstić information content (AvgIpc) is 2.64. The fourth-order valence-corrected chi connectivity index (χ4v) is 2.56. The van der Waals surface area contributed by atoms with Crippen molar-refractivity contribution in [1.29, 1.82) is 0 Å². The number of hydrogen-bond donors (Lipinski definition) is 0. The van der Waals surface area contributed by atoms with Crippen LogP contribution in [0.15, 0.2) is 18.2 Å². The van der Waals surface area contributed by atoms with Crippen LogP contribution in [0.4, 0.5) is 0 Å². The van der Waals surface area contributed by atoms with Crippen molar-refractivity contribution in [2.45, 2.75) is 6.42 Å². The first-order valence-corrected chi connectivity index (χ1v) is 7.99. The lowest BCUT2D eigenvalue weighted by Gasteiger charge is -2.25. The summed E-state index contributed by atoms with van der Waals surface area (Å²) in [6.45, 7) is 4.04. The van der Waals surface area contributed by atoms with Gasteiger partial charge in [-0.15, -0.1) is 0 Å². The lowest BCUT2D eigenvalue weighted by molar-refractivity contribution is -0.115. The van der Waals surface area contributed by atoms with Crippen LogP contribution in [0.5, 0.6) is 17.2 Å². The molecule has 6 nitrogen and oxygen atoms in total. The number of rotatable bonds is 8. The van der Waals surface area contributed by atoms with Crippen LogP contribution in [0, 0.1) is 0 Å². The molecule has 1 aromatic carbocycles. The molecule has 1 heterocycles. The molecule has 1 aromatic rings. The molecule has 0 radical (unpaired) electrons. The quantitative estimate of drug-likeness (QED) is 0.678. The summed E-state index contributed by atoms with van der Waals surface area (Å²) in [5, 5.41) is 0. The summed E-state index contributed by atoms with van der Waals surface area (Å²) in [6.07, 6.45) is 3.87. The summed E-state index contributed by atoms with van der Waals surface area (Å²) in [6, 6.07) is 3.63. The zero-order chi connectivity index (χ0) is 17.4. The summed E-state index contributed by atoms with van der Waals surface area (Å²) in [5.41, 5.74) is 0.823. The molecule has 0 N–H and O–H groups in total. The van der Waals surface area contributed by atoms with Crippen LogP contribution in [0.1, 0.15) is 12.0 Å². The van der Waals surface area contributed by atoms with Gasteiger partial charge in [0.1, 0.15) is 0 Å². The Bertz CT molecular complexity index is 554. The summed E-state index contributed by atoms with van der Waals surface area (Å²) in [5.74, 6) is 1.76. The number of nitrogens with zero attached hydrogens (tertiary/aromatic N) is 1. The smallest absolute Gasteiger partial charge is 0.203 e. The van der Waals surface area contributed by atoms with Gasteiger partial charge < -0.3 is 18.9 Å². The van der Waals surface area contributed by atoms with Gasteiger partial charge in [-0.05, 0) is 23.8 Å². The normalized spacial score (nSPS) is 15.5. The minimum atomic E-state index is 0.0928. The first-order chi connectivity index (χ1) is 11.7. The van der Waals surface area contributed by atoms with Crippen LogP contribution in [-0.4, -0.2) is 64.9 Å². The number of benzene rings is 1. The van der Waals surface area contributed by atoms with E-state index in [1.807, 2.05) is 12.1 Å². The Morgan fingerprint density at radius 1 is 1.12 bits per heavy atom. The van der Waals surface area contributed by atoms with Crippen molar-refractivity contribution in [2.24, 2.45) is 0 Å². The fourth-order valence-electron chi connectivity index (χ4n) is 2.56. The van der Waals surface area contributed by atoms with Gasteiger partial charge in [0.15, 0.2) is 17.3 Å². The summed E-state index contributed by atoms with van der Waals surface area (Å²) in [4.78, 5) is 14.3. The van der Waals surface area contributed by atoms with Crippen molar-refractivity contribution in [3.05, 3.63) is 23.8 Å². The molecule has 0 aliphatic carbocycles. The van der Waals surface area contributed by atoms with Crippen molar-refractivity contribution in [3.8, 4) is 17.2 Å². The predicted molar refractivity (Wildman–Crippen MR) is 92.0 cm³/mol. The molecule has 1 aliphatic rings. The van der Waals surface area contributed by atoms with Crippen LogP contribution in [0.3, 0.4) is 0 Å². The summed E-state index contributed by atoms with van der Waals surface area (Å²) < 4.78 is 21.2. The van der Waals surface area contributed by atoms with Gasteiger partial charge in [0.25, 0.3) is 0 Å². The second kappa shape index (κ2) is 9.30. The van der Waals surface area contributed by atoms with E-state index in [0.717, 1.165) is 38.4 Å². The lowest BCUT2D eigenvalue weighted by atomic mass is 10.1. The van der Waals surface area contributed by atoms with E-state index in [1.165, 1.54) is 0 Å². The Morgan fingerprint density at radius 3 is 2.29 bits per heavy atom. The van der Waals surface area contributed by atoms with E-state index in [-0.39, 0.29) is 5.78 Å². The van der Waals surface area contributed by atoms with Crippen molar-refractivity contribution < 1.29 is 23.7 Å². The van der Waals surface area contributed by atoms with E-state index in [1.54, 1.807) is 33.5 Å². The van der Waals surface area contributed by atoms with Gasteiger partial charge in [0, 0.05) is 26.1 Å². The lowest BCUT2D eigenvalue weighted by Crippen LogP contribution is -2.37. The highest BCUT2D eigenvalue weighted by Gasteiger charge is 2.13. The van der Waals surface area contributed by atoms with Crippen LogP contribution in [-0.2, 0) is 9.53 Å². The Labute approximate surface area is 142 Å². The molecular weight excluding hydrogens is 310 g/mol. The monoisotopic (exact) mass is 335 g/mol. The van der Waals surface area contributed by atoms with E-state index >= 15 is 0 Å². The highest BCUT2D eigenvalue weighted by atomic mass is 16.5. The largest absolute Gasteiger partial charge is 0.493 e. The Kier molecular flexibility index (Phi) is 7.08. The van der Waals surface area contributed by atoms with Gasteiger partial charge in [-0.3, -0.25) is 9.69 Å². The van der Waals surface area contributed by atoms with Gasteiger partial charge >= 0.3 is 0 Å². The molecule has 0 saturated carbocycles. The topological polar surface area (TPSA) is 57.2 Å². The maximum atomic E-state index is 12.1. The van der Waals surface area contributed by atoms with Gasteiger partial charge in [-0.1, -0.05) is 6.08 Å². The maximum absolute atomic E-state index is 12.1. The van der Waals surface area contributed by atoms with Crippen molar-refractivity contribution >= 4 is 11.9 Å². The highest BCUT2D eigenvalue weighted by Crippen LogP contribution is 2.38. The number of allylic oxidation sites excluding steroid dienone is 1. The Morgan fingerprint density at radius 2 is 1.75 bits per heavy atom. The minimum Gasteiger partial charge on any atom is -0.493 e. The van der Waals surface area contributed by atoms with E-state index < -0.39 is 0 Å². The summed E-state index contributed by atoms with van der Waals surface area (Å²) >= 11 is 0. The number of carbonyl (C=O) groups excluding carboxylic acids is 1. The predicted octanol–water partition coefficient (Wildman–Crippen LogP) is 2.02. The highest BCUT2D eigenvalue weighted by molar-refractivity contribution is 5.93. The number of methoxy groups -OCH3 is 3. The Balaban J connectivity index is 1.98. The molecule has 132 valence electrons. The molecule has 0 atom stereocenters. The van der Waals surface area contributed by atoms with Gasteiger partial charge in [0.2, 0.25) is 5.75 Å². The average molecular weight is 335 g/mol. The standard InChI is InChI=1S/C18H25NO5/c1-21-16-12-14(13-17(22-2)18(16)23-3)4-5-15(20)6-7-19-8-10-24-11-9-19/h4-5,12-13H,6-11H2,1-3H3/b5-4+. The molecule has 0 bridgehead atoms. The number of carbonyl (C=O) groups is 1. The number of hydrogen-bond acceptors (Lipinski definition) is 6. The second-order valence-electron chi connectivity index (χ2n) is 5.46. The first kappa shape index (κ1) is 18.3. The third kappa shape index (κ3) is 4.97. The molecule has 24 heavy (non-hydrogen) atoms. The van der Waals surface area contributed by atoms with E-state index in [4.69, 9.17) is 18.9 Å². The van der Waals surface area contributed by atoms with Crippen molar-refractivity contribution in [2.75, 3.05) is 54.2 Å². The molecule has 6 heteroatoms. The SMILES string of the molecule is COc1cc(/C=C/C(=O)CCN2CCOCC2)cc(OC)c1OC. The summed E-state index contributed by atoms with van der Waals surface area (Å²) in [7, 11) is 4.70. The van der Waals surface area contributed by atoms with Crippen molar-refractivity contribution in [1.82, 2.24) is 4.90 Å². The molecule has 0 spiro atoms. The fraction of sp³-hybridized carbons (Fsp3) is 0.500. The molecule has 1 saturated heterocycles. The second-order valence-corrected chi connectivity index (χ2v) is 5.46.